The summed E-state index contributed by atoms with van der Waals surface area (Å²) in [4.78, 5) is 0. The summed E-state index contributed by atoms with van der Waals surface area (Å²) in [6.45, 7) is 3.24. The Bertz CT molecular complexity index is 451. The molecule has 0 unspecified atom stereocenters. The molecule has 2 aromatic rings. The van der Waals surface area contributed by atoms with Gasteiger partial charge in [0.05, 0.1) is 6.26 Å². The van der Waals surface area contributed by atoms with Crippen LogP contribution in [0.5, 0.6) is 0 Å². The van der Waals surface area contributed by atoms with Crippen molar-refractivity contribution in [1.29, 1.82) is 0 Å². The highest BCUT2D eigenvalue weighted by atomic mass is 16.8. The molecule has 1 aromatic heterocycles. The van der Waals surface area contributed by atoms with Crippen LogP contribution in [0.25, 0.3) is 11.0 Å². The molecular formula is C11H10O4. The standard InChI is InChI=1S/C11H10O4/c1-2-14-11(12,13)10-7-8-5-3-4-6-9(8)15-10/h2-7,12-13H,1H2. The first kappa shape index (κ1) is 9.76. The lowest BCUT2D eigenvalue weighted by Crippen LogP contribution is -2.25. The molecule has 0 amide bonds. The molecule has 1 aromatic carbocycles. The number of hydrogen-bond donors (Lipinski definition) is 2. The van der Waals surface area contributed by atoms with E-state index in [4.69, 9.17) is 4.42 Å². The molecule has 0 aliphatic heterocycles. The van der Waals surface area contributed by atoms with Gasteiger partial charge in [0.15, 0.2) is 0 Å². The zero-order chi connectivity index (χ0) is 10.9. The smallest absolute Gasteiger partial charge is 0.385 e. The largest absolute Gasteiger partial charge is 0.451 e. The Balaban J connectivity index is 2.48. The van der Waals surface area contributed by atoms with Gasteiger partial charge in [-0.1, -0.05) is 24.8 Å². The van der Waals surface area contributed by atoms with Crippen LogP contribution >= 0.6 is 0 Å². The summed E-state index contributed by atoms with van der Waals surface area (Å²) in [6.07, 6.45) is 0.938. The second-order valence-corrected chi connectivity index (χ2v) is 3.04. The van der Waals surface area contributed by atoms with Crippen molar-refractivity contribution in [2.24, 2.45) is 0 Å². The molecule has 1 heterocycles. The van der Waals surface area contributed by atoms with Crippen LogP contribution in [0, 0.1) is 0 Å². The lowest BCUT2D eigenvalue weighted by atomic mass is 10.2. The van der Waals surface area contributed by atoms with Crippen LogP contribution in [-0.2, 0) is 10.7 Å². The first-order valence-corrected chi connectivity index (χ1v) is 4.36. The quantitative estimate of drug-likeness (QED) is 0.592. The molecular weight excluding hydrogens is 196 g/mol. The van der Waals surface area contributed by atoms with E-state index in [0.29, 0.717) is 5.58 Å². The van der Waals surface area contributed by atoms with Crippen LogP contribution in [0.15, 0.2) is 47.6 Å². The van der Waals surface area contributed by atoms with Crippen LogP contribution in [0.3, 0.4) is 0 Å². The molecule has 0 fully saturated rings. The molecule has 4 nitrogen and oxygen atoms in total. The topological polar surface area (TPSA) is 62.8 Å². The Labute approximate surface area is 86.0 Å². The fourth-order valence-corrected chi connectivity index (χ4v) is 1.32. The Morgan fingerprint density at radius 2 is 2.07 bits per heavy atom. The van der Waals surface area contributed by atoms with Gasteiger partial charge in [0, 0.05) is 5.39 Å². The number of fused-ring (bicyclic) bond motifs is 1. The van der Waals surface area contributed by atoms with Gasteiger partial charge in [0.1, 0.15) is 5.58 Å². The van der Waals surface area contributed by atoms with Crippen LogP contribution in [0.1, 0.15) is 5.76 Å². The number of furan rings is 1. The van der Waals surface area contributed by atoms with Crippen molar-refractivity contribution in [2.45, 2.75) is 5.97 Å². The van der Waals surface area contributed by atoms with E-state index in [1.165, 1.54) is 6.07 Å². The third kappa shape index (κ3) is 1.72. The second kappa shape index (κ2) is 3.42. The molecule has 15 heavy (non-hydrogen) atoms. The van der Waals surface area contributed by atoms with E-state index in [9.17, 15) is 10.2 Å². The van der Waals surface area contributed by atoms with E-state index in [0.717, 1.165) is 11.6 Å². The molecule has 0 saturated carbocycles. The Morgan fingerprint density at radius 3 is 2.73 bits per heavy atom. The minimum Gasteiger partial charge on any atom is -0.451 e. The van der Waals surface area contributed by atoms with Crippen molar-refractivity contribution in [1.82, 2.24) is 0 Å². The van der Waals surface area contributed by atoms with E-state index in [-0.39, 0.29) is 5.76 Å². The Morgan fingerprint density at radius 1 is 1.33 bits per heavy atom. The lowest BCUT2D eigenvalue weighted by Gasteiger charge is -2.16. The average molecular weight is 206 g/mol. The van der Waals surface area contributed by atoms with Crippen LogP contribution < -0.4 is 0 Å². The predicted molar refractivity (Wildman–Crippen MR) is 53.6 cm³/mol. The van der Waals surface area contributed by atoms with Crippen molar-refractivity contribution in [2.75, 3.05) is 0 Å². The monoisotopic (exact) mass is 206 g/mol. The molecule has 0 aliphatic rings. The fraction of sp³-hybridized carbons (Fsp3) is 0.0909. The average Bonchev–Trinajstić information content (AvgIpc) is 2.61. The molecule has 0 aliphatic carbocycles. The van der Waals surface area contributed by atoms with Gasteiger partial charge in [-0.25, -0.2) is 0 Å². The summed E-state index contributed by atoms with van der Waals surface area (Å²) in [5, 5.41) is 19.7. The summed E-state index contributed by atoms with van der Waals surface area (Å²) in [5.41, 5.74) is 0.563. The van der Waals surface area contributed by atoms with Gasteiger partial charge in [0.25, 0.3) is 0 Å². The maximum atomic E-state index is 9.46. The number of hydrogen-bond acceptors (Lipinski definition) is 4. The van der Waals surface area contributed by atoms with E-state index in [1.54, 1.807) is 18.2 Å². The zero-order valence-electron chi connectivity index (χ0n) is 7.88. The number of benzene rings is 1. The molecule has 0 bridgehead atoms. The maximum Gasteiger partial charge on any atom is 0.385 e. The molecule has 2 N–H and O–H groups in total. The zero-order valence-corrected chi connectivity index (χ0v) is 7.88. The lowest BCUT2D eigenvalue weighted by molar-refractivity contribution is -0.334. The van der Waals surface area contributed by atoms with Gasteiger partial charge in [-0.15, -0.1) is 0 Å². The molecule has 78 valence electrons. The normalized spacial score (nSPS) is 11.6. The molecule has 4 heteroatoms. The summed E-state index contributed by atoms with van der Waals surface area (Å²) < 4.78 is 9.74. The van der Waals surface area contributed by atoms with Gasteiger partial charge in [-0.05, 0) is 12.1 Å². The Kier molecular flexibility index (Phi) is 2.22. The highest BCUT2D eigenvalue weighted by molar-refractivity contribution is 5.77. The molecule has 0 spiro atoms. The first-order valence-electron chi connectivity index (χ1n) is 4.36. The SMILES string of the molecule is C=COC(O)(O)c1cc2ccccc2o1. The summed E-state index contributed by atoms with van der Waals surface area (Å²) in [5.74, 6) is -2.55. The molecule has 0 saturated heterocycles. The first-order chi connectivity index (χ1) is 7.13. The number of ether oxygens (including phenoxy) is 1. The van der Waals surface area contributed by atoms with E-state index in [2.05, 4.69) is 11.3 Å². The number of para-hydroxylation sites is 1. The van der Waals surface area contributed by atoms with Gasteiger partial charge < -0.3 is 19.4 Å². The van der Waals surface area contributed by atoms with E-state index < -0.39 is 5.97 Å². The Hall–Kier alpha value is -1.78. The van der Waals surface area contributed by atoms with Crippen LogP contribution in [-0.4, -0.2) is 10.2 Å². The van der Waals surface area contributed by atoms with E-state index >= 15 is 0 Å². The van der Waals surface area contributed by atoms with Gasteiger partial charge >= 0.3 is 5.97 Å². The maximum absolute atomic E-state index is 9.46. The van der Waals surface area contributed by atoms with Crippen LogP contribution in [0.4, 0.5) is 0 Å². The highest BCUT2D eigenvalue weighted by Gasteiger charge is 2.31. The second-order valence-electron chi connectivity index (χ2n) is 3.04. The number of aliphatic hydroxyl groups is 2. The molecule has 0 atom stereocenters. The highest BCUT2D eigenvalue weighted by Crippen LogP contribution is 2.27. The summed E-state index contributed by atoms with van der Waals surface area (Å²) in [7, 11) is 0. The third-order valence-corrected chi connectivity index (χ3v) is 1.99. The van der Waals surface area contributed by atoms with Crippen LogP contribution in [0.2, 0.25) is 0 Å². The van der Waals surface area contributed by atoms with Gasteiger partial charge in [-0.3, -0.25) is 0 Å². The van der Waals surface area contributed by atoms with Crippen molar-refractivity contribution < 1.29 is 19.4 Å². The third-order valence-electron chi connectivity index (χ3n) is 1.99. The van der Waals surface area contributed by atoms with Crippen molar-refractivity contribution in [3.05, 3.63) is 48.9 Å². The molecule has 0 radical (unpaired) electrons. The summed E-state index contributed by atoms with van der Waals surface area (Å²) in [6, 6.07) is 8.64. The summed E-state index contributed by atoms with van der Waals surface area (Å²) >= 11 is 0. The van der Waals surface area contributed by atoms with Crippen molar-refractivity contribution in [3.8, 4) is 0 Å². The minimum absolute atomic E-state index is 0.0800. The minimum atomic E-state index is -2.47. The van der Waals surface area contributed by atoms with E-state index in [1.807, 2.05) is 6.07 Å². The van der Waals surface area contributed by atoms with Gasteiger partial charge in [0.2, 0.25) is 5.76 Å². The fourth-order valence-electron chi connectivity index (χ4n) is 1.32. The number of rotatable bonds is 3. The van der Waals surface area contributed by atoms with Crippen molar-refractivity contribution in [3.63, 3.8) is 0 Å². The van der Waals surface area contributed by atoms with Gasteiger partial charge in [-0.2, -0.15) is 0 Å². The predicted octanol–water partition coefficient (Wildman–Crippen LogP) is 1.69. The molecule has 2 rings (SSSR count). The van der Waals surface area contributed by atoms with Crippen molar-refractivity contribution >= 4 is 11.0 Å².